The van der Waals surface area contributed by atoms with Crippen molar-refractivity contribution in [1.29, 1.82) is 0 Å². The number of ether oxygens (including phenoxy) is 1. The Morgan fingerprint density at radius 1 is 1.17 bits per heavy atom. The Labute approximate surface area is 198 Å². The predicted octanol–water partition coefficient (Wildman–Crippen LogP) is 4.55. The molecule has 1 aromatic rings. The zero-order valence-corrected chi connectivity index (χ0v) is 22.0. The number of guanidine groups is 1. The van der Waals surface area contributed by atoms with Crippen molar-refractivity contribution in [2.24, 2.45) is 4.99 Å². The molecule has 0 fully saturated rings. The molecule has 0 aliphatic heterocycles. The first kappa shape index (κ1) is 28.5. The third-order valence-corrected chi connectivity index (χ3v) is 4.26. The van der Waals surface area contributed by atoms with Crippen molar-refractivity contribution in [3.63, 3.8) is 0 Å². The minimum atomic E-state index is -0.533. The molecule has 8 nitrogen and oxygen atoms in total. The summed E-state index contributed by atoms with van der Waals surface area (Å²) in [7, 11) is 0. The van der Waals surface area contributed by atoms with E-state index in [4.69, 9.17) is 9.26 Å². The van der Waals surface area contributed by atoms with Crippen LogP contribution in [-0.4, -0.2) is 41.4 Å². The molecule has 0 aliphatic carbocycles. The Bertz CT molecular complexity index is 664. The van der Waals surface area contributed by atoms with Crippen LogP contribution in [0.3, 0.4) is 0 Å². The number of rotatable bonds is 9. The molecule has 3 N–H and O–H groups in total. The number of halogens is 1. The predicted molar refractivity (Wildman–Crippen MR) is 132 cm³/mol. The monoisotopic (exact) mass is 537 g/mol. The molecule has 0 saturated carbocycles. The van der Waals surface area contributed by atoms with E-state index in [9.17, 15) is 4.79 Å². The molecule has 0 aromatic carbocycles. The van der Waals surface area contributed by atoms with Crippen molar-refractivity contribution >= 4 is 36.0 Å². The Morgan fingerprint density at radius 3 is 2.33 bits per heavy atom. The van der Waals surface area contributed by atoms with E-state index in [0.717, 1.165) is 30.8 Å². The van der Waals surface area contributed by atoms with Gasteiger partial charge in [-0.3, -0.25) is 0 Å². The molecule has 0 bridgehead atoms. The maximum atomic E-state index is 12.0. The van der Waals surface area contributed by atoms with E-state index < -0.39 is 17.2 Å². The zero-order valence-electron chi connectivity index (χ0n) is 19.7. The lowest BCUT2D eigenvalue weighted by Gasteiger charge is -2.29. The molecule has 0 saturated heterocycles. The fourth-order valence-corrected chi connectivity index (χ4v) is 2.73. The van der Waals surface area contributed by atoms with Gasteiger partial charge < -0.3 is 25.2 Å². The number of aliphatic imine (C=N–C) groups is 1. The third-order valence-electron chi connectivity index (χ3n) is 4.26. The summed E-state index contributed by atoms with van der Waals surface area (Å²) in [4.78, 5) is 16.6. The van der Waals surface area contributed by atoms with Gasteiger partial charge in [0.05, 0.1) is 11.2 Å². The maximum absolute atomic E-state index is 12.0. The zero-order chi connectivity index (χ0) is 22.1. The summed E-state index contributed by atoms with van der Waals surface area (Å²) in [5.74, 6) is 1.80. The van der Waals surface area contributed by atoms with E-state index in [0.29, 0.717) is 25.0 Å². The van der Waals surface area contributed by atoms with Crippen LogP contribution < -0.4 is 16.0 Å². The van der Waals surface area contributed by atoms with Gasteiger partial charge in [0, 0.05) is 25.1 Å². The van der Waals surface area contributed by atoms with Crippen molar-refractivity contribution in [3.8, 4) is 0 Å². The summed E-state index contributed by atoms with van der Waals surface area (Å²) >= 11 is 0. The van der Waals surface area contributed by atoms with E-state index in [1.807, 2.05) is 47.6 Å². The second-order valence-corrected chi connectivity index (χ2v) is 8.79. The van der Waals surface area contributed by atoms with E-state index in [1.165, 1.54) is 0 Å². The molecule has 1 rings (SSSR count). The van der Waals surface area contributed by atoms with Gasteiger partial charge >= 0.3 is 6.09 Å². The Balaban J connectivity index is 0.00000841. The SMILES string of the molecule is CCNC(=NCc1cc(C(CC)CC)no1)NCC(C)(C)NC(=O)OC(C)(C)C.I. The van der Waals surface area contributed by atoms with Gasteiger partial charge in [-0.1, -0.05) is 19.0 Å². The van der Waals surface area contributed by atoms with Gasteiger partial charge in [0.25, 0.3) is 0 Å². The summed E-state index contributed by atoms with van der Waals surface area (Å²) in [6.45, 7) is 17.3. The highest BCUT2D eigenvalue weighted by molar-refractivity contribution is 14.0. The maximum Gasteiger partial charge on any atom is 0.408 e. The van der Waals surface area contributed by atoms with Crippen molar-refractivity contribution in [2.75, 3.05) is 13.1 Å². The first-order chi connectivity index (χ1) is 13.5. The van der Waals surface area contributed by atoms with Crippen LogP contribution in [0.25, 0.3) is 0 Å². The molecule has 1 amide bonds. The molecule has 0 spiro atoms. The number of carbonyl (C=O) groups is 1. The number of carbonyl (C=O) groups excluding carboxylic acids is 1. The van der Waals surface area contributed by atoms with Crippen LogP contribution in [0, 0.1) is 0 Å². The van der Waals surface area contributed by atoms with Gasteiger partial charge in [0.15, 0.2) is 11.7 Å². The lowest BCUT2D eigenvalue weighted by atomic mass is 9.99. The molecule has 9 heteroatoms. The molecule has 1 aromatic heterocycles. The topological polar surface area (TPSA) is 101 Å². The van der Waals surface area contributed by atoms with Crippen LogP contribution in [-0.2, 0) is 11.3 Å². The lowest BCUT2D eigenvalue weighted by molar-refractivity contribution is 0.0474. The van der Waals surface area contributed by atoms with Gasteiger partial charge in [-0.15, -0.1) is 24.0 Å². The van der Waals surface area contributed by atoms with Crippen molar-refractivity contribution < 1.29 is 14.1 Å². The summed E-state index contributed by atoms with van der Waals surface area (Å²) < 4.78 is 10.8. The van der Waals surface area contributed by atoms with Crippen molar-refractivity contribution in [1.82, 2.24) is 21.1 Å². The van der Waals surface area contributed by atoms with Gasteiger partial charge in [-0.05, 0) is 54.4 Å². The quantitative estimate of drug-likeness (QED) is 0.243. The smallest absolute Gasteiger partial charge is 0.408 e. The number of hydrogen-bond acceptors (Lipinski definition) is 5. The highest BCUT2D eigenvalue weighted by atomic mass is 127. The summed E-state index contributed by atoms with van der Waals surface area (Å²) in [6.07, 6.45) is 1.63. The third kappa shape index (κ3) is 11.0. The van der Waals surface area contributed by atoms with E-state index in [1.54, 1.807) is 0 Å². The van der Waals surface area contributed by atoms with Crippen LogP contribution in [0.1, 0.15) is 85.6 Å². The van der Waals surface area contributed by atoms with Gasteiger partial charge in [-0.25, -0.2) is 9.79 Å². The highest BCUT2D eigenvalue weighted by Crippen LogP contribution is 2.22. The highest BCUT2D eigenvalue weighted by Gasteiger charge is 2.24. The average molecular weight is 537 g/mol. The average Bonchev–Trinajstić information content (AvgIpc) is 3.05. The number of aromatic nitrogens is 1. The second-order valence-electron chi connectivity index (χ2n) is 8.79. The van der Waals surface area contributed by atoms with Gasteiger partial charge in [0.2, 0.25) is 0 Å². The lowest BCUT2D eigenvalue weighted by Crippen LogP contribution is -2.54. The summed E-state index contributed by atoms with van der Waals surface area (Å²) in [5, 5.41) is 13.5. The Kier molecular flexibility index (Phi) is 12.4. The normalized spacial score (nSPS) is 12.4. The van der Waals surface area contributed by atoms with Crippen molar-refractivity contribution in [2.45, 2.75) is 91.8 Å². The number of nitrogens with one attached hydrogen (secondary N) is 3. The fourth-order valence-electron chi connectivity index (χ4n) is 2.73. The minimum absolute atomic E-state index is 0. The first-order valence-corrected chi connectivity index (χ1v) is 10.5. The van der Waals surface area contributed by atoms with E-state index in [-0.39, 0.29) is 24.0 Å². The molecule has 0 unspecified atom stereocenters. The largest absolute Gasteiger partial charge is 0.444 e. The molecule has 0 radical (unpaired) electrons. The number of nitrogens with zero attached hydrogens (tertiary/aromatic N) is 2. The first-order valence-electron chi connectivity index (χ1n) is 10.5. The molecule has 1 heterocycles. The Hall–Kier alpha value is -1.52. The van der Waals surface area contributed by atoms with E-state index >= 15 is 0 Å². The number of amides is 1. The number of hydrogen-bond donors (Lipinski definition) is 3. The van der Waals surface area contributed by atoms with Gasteiger partial charge in [-0.2, -0.15) is 0 Å². The second kappa shape index (κ2) is 13.0. The van der Waals surface area contributed by atoms with E-state index in [2.05, 4.69) is 39.9 Å². The molecule has 174 valence electrons. The fraction of sp³-hybridized carbons (Fsp3) is 0.762. The summed E-state index contributed by atoms with van der Waals surface area (Å²) in [6, 6.07) is 1.98. The van der Waals surface area contributed by atoms with Crippen LogP contribution in [0.15, 0.2) is 15.6 Å². The van der Waals surface area contributed by atoms with Crippen LogP contribution in [0.2, 0.25) is 0 Å². The van der Waals surface area contributed by atoms with Gasteiger partial charge in [0.1, 0.15) is 12.1 Å². The molecule has 0 aliphatic rings. The Morgan fingerprint density at radius 2 is 1.80 bits per heavy atom. The molecule has 0 atom stereocenters. The molecular formula is C21H40IN5O3. The molecule has 30 heavy (non-hydrogen) atoms. The standard InChI is InChI=1S/C21H39N5O3.HI/c1-9-15(10-2)17-12-16(29-26-17)13-23-18(22-11-3)24-14-21(7,8)25-19(27)28-20(4,5)6;/h12,15H,9-11,13-14H2,1-8H3,(H,25,27)(H2,22,23,24);1H. The van der Waals surface area contributed by atoms with Crippen LogP contribution in [0.4, 0.5) is 4.79 Å². The summed E-state index contributed by atoms with van der Waals surface area (Å²) in [5.41, 5.74) is -0.0668. The molecular weight excluding hydrogens is 497 g/mol. The van der Waals surface area contributed by atoms with Crippen molar-refractivity contribution in [3.05, 3.63) is 17.5 Å². The minimum Gasteiger partial charge on any atom is -0.444 e. The van der Waals surface area contributed by atoms with Crippen LogP contribution in [0.5, 0.6) is 0 Å². The van der Waals surface area contributed by atoms with Crippen LogP contribution >= 0.6 is 24.0 Å². The number of alkyl carbamates (subject to hydrolysis) is 1.